The number of hydrogen-bond acceptors (Lipinski definition) is 6. The number of benzene rings is 1. The van der Waals surface area contributed by atoms with Gasteiger partial charge in [0.05, 0.1) is 11.6 Å². The SMILES string of the molecule is NNc1nc(Nc2ccc3c(c2)CCC3)c2cn[nH]c2n1. The zero-order chi connectivity index (χ0) is 14.2. The number of nitrogens with zero attached hydrogens (tertiary/aromatic N) is 3. The van der Waals surface area contributed by atoms with Crippen molar-refractivity contribution in [2.45, 2.75) is 19.3 Å². The zero-order valence-corrected chi connectivity index (χ0v) is 11.3. The van der Waals surface area contributed by atoms with Crippen LogP contribution in [0.3, 0.4) is 0 Å². The molecule has 3 aromatic rings. The molecule has 21 heavy (non-hydrogen) atoms. The highest BCUT2D eigenvalue weighted by Gasteiger charge is 2.13. The molecule has 7 nitrogen and oxygen atoms in total. The van der Waals surface area contributed by atoms with E-state index in [1.807, 2.05) is 0 Å². The number of aryl methyl sites for hydroxylation is 2. The number of hydrogen-bond donors (Lipinski definition) is 4. The van der Waals surface area contributed by atoms with Crippen LogP contribution >= 0.6 is 0 Å². The second-order valence-corrected chi connectivity index (χ2v) is 5.13. The van der Waals surface area contributed by atoms with E-state index in [1.54, 1.807) is 6.20 Å². The van der Waals surface area contributed by atoms with E-state index in [1.165, 1.54) is 24.0 Å². The van der Waals surface area contributed by atoms with Crippen LogP contribution in [0.25, 0.3) is 11.0 Å². The van der Waals surface area contributed by atoms with Crippen molar-refractivity contribution in [3.05, 3.63) is 35.5 Å². The first-order valence-electron chi connectivity index (χ1n) is 6.90. The molecule has 4 rings (SSSR count). The summed E-state index contributed by atoms with van der Waals surface area (Å²) in [5.74, 6) is 6.43. The first-order valence-corrected chi connectivity index (χ1v) is 6.90. The molecule has 0 saturated carbocycles. The summed E-state index contributed by atoms with van der Waals surface area (Å²) >= 11 is 0. The van der Waals surface area contributed by atoms with Crippen molar-refractivity contribution in [1.82, 2.24) is 20.2 Å². The highest BCUT2D eigenvalue weighted by atomic mass is 15.3. The fourth-order valence-corrected chi connectivity index (χ4v) is 2.78. The van der Waals surface area contributed by atoms with Crippen LogP contribution in [0, 0.1) is 0 Å². The number of nitrogens with two attached hydrogens (primary N) is 1. The number of hydrazine groups is 1. The third-order valence-electron chi connectivity index (χ3n) is 3.80. The third-order valence-corrected chi connectivity index (χ3v) is 3.80. The van der Waals surface area contributed by atoms with Crippen LogP contribution in [0.5, 0.6) is 0 Å². The lowest BCUT2D eigenvalue weighted by Gasteiger charge is -2.09. The molecule has 0 aliphatic heterocycles. The topological polar surface area (TPSA) is 105 Å². The number of rotatable bonds is 3. The van der Waals surface area contributed by atoms with Crippen molar-refractivity contribution < 1.29 is 0 Å². The van der Waals surface area contributed by atoms with E-state index in [0.29, 0.717) is 17.4 Å². The Bertz CT molecular complexity index is 808. The van der Waals surface area contributed by atoms with E-state index < -0.39 is 0 Å². The predicted octanol–water partition coefficient (Wildman–Crippen LogP) is 1.87. The Morgan fingerprint density at radius 1 is 1.14 bits per heavy atom. The average Bonchev–Trinajstić information content (AvgIpc) is 3.14. The molecule has 0 radical (unpaired) electrons. The number of nitrogen functional groups attached to an aromatic ring is 1. The van der Waals surface area contributed by atoms with Crippen molar-refractivity contribution in [1.29, 1.82) is 0 Å². The van der Waals surface area contributed by atoms with E-state index in [-0.39, 0.29) is 0 Å². The number of nitrogens with one attached hydrogen (secondary N) is 3. The van der Waals surface area contributed by atoms with Gasteiger partial charge in [0.25, 0.3) is 0 Å². The van der Waals surface area contributed by atoms with Crippen molar-refractivity contribution in [2.24, 2.45) is 5.84 Å². The Balaban J connectivity index is 1.75. The van der Waals surface area contributed by atoms with Crippen molar-refractivity contribution in [3.8, 4) is 0 Å². The molecular formula is C14H15N7. The molecule has 0 bridgehead atoms. The molecule has 5 N–H and O–H groups in total. The number of aromatic amines is 1. The maximum Gasteiger partial charge on any atom is 0.241 e. The van der Waals surface area contributed by atoms with Crippen LogP contribution in [-0.2, 0) is 12.8 Å². The molecule has 0 atom stereocenters. The number of H-pyrrole nitrogens is 1. The normalized spacial score (nSPS) is 13.4. The molecule has 2 heterocycles. The van der Waals surface area contributed by atoms with E-state index in [2.05, 4.69) is 49.1 Å². The minimum Gasteiger partial charge on any atom is -0.339 e. The molecule has 0 unspecified atom stereocenters. The second kappa shape index (κ2) is 4.71. The Morgan fingerprint density at radius 3 is 2.95 bits per heavy atom. The van der Waals surface area contributed by atoms with E-state index in [4.69, 9.17) is 5.84 Å². The average molecular weight is 281 g/mol. The van der Waals surface area contributed by atoms with Gasteiger partial charge in [-0.05, 0) is 42.5 Å². The van der Waals surface area contributed by atoms with Crippen LogP contribution in [0.2, 0.25) is 0 Å². The molecule has 0 fully saturated rings. The first-order chi connectivity index (χ1) is 10.3. The maximum absolute atomic E-state index is 5.41. The van der Waals surface area contributed by atoms with Gasteiger partial charge in [0.1, 0.15) is 5.82 Å². The van der Waals surface area contributed by atoms with Gasteiger partial charge in [-0.25, -0.2) is 5.84 Å². The van der Waals surface area contributed by atoms with Gasteiger partial charge in [-0.1, -0.05) is 6.07 Å². The largest absolute Gasteiger partial charge is 0.339 e. The maximum atomic E-state index is 5.41. The molecule has 0 spiro atoms. The Kier molecular flexibility index (Phi) is 2.71. The minimum atomic E-state index is 0.343. The summed E-state index contributed by atoms with van der Waals surface area (Å²) in [5, 5.41) is 11.0. The van der Waals surface area contributed by atoms with Crippen LogP contribution in [0.15, 0.2) is 24.4 Å². The molecule has 7 heteroatoms. The van der Waals surface area contributed by atoms with Gasteiger partial charge >= 0.3 is 0 Å². The monoisotopic (exact) mass is 281 g/mol. The van der Waals surface area contributed by atoms with Gasteiger partial charge in [-0.3, -0.25) is 10.5 Å². The van der Waals surface area contributed by atoms with Crippen LogP contribution in [0.4, 0.5) is 17.5 Å². The minimum absolute atomic E-state index is 0.343. The van der Waals surface area contributed by atoms with Gasteiger partial charge < -0.3 is 5.32 Å². The summed E-state index contributed by atoms with van der Waals surface area (Å²) < 4.78 is 0. The summed E-state index contributed by atoms with van der Waals surface area (Å²) in [5.41, 5.74) is 6.98. The summed E-state index contributed by atoms with van der Waals surface area (Å²) in [6, 6.07) is 6.44. The Labute approximate surface area is 121 Å². The molecule has 2 aromatic heterocycles. The van der Waals surface area contributed by atoms with Gasteiger partial charge in [0.2, 0.25) is 5.95 Å². The highest BCUT2D eigenvalue weighted by molar-refractivity contribution is 5.89. The van der Waals surface area contributed by atoms with Crippen LogP contribution in [-0.4, -0.2) is 20.2 Å². The lowest BCUT2D eigenvalue weighted by Crippen LogP contribution is -2.11. The van der Waals surface area contributed by atoms with Crippen molar-refractivity contribution in [3.63, 3.8) is 0 Å². The Hall–Kier alpha value is -2.67. The van der Waals surface area contributed by atoms with Gasteiger partial charge in [0, 0.05) is 5.69 Å². The van der Waals surface area contributed by atoms with Gasteiger partial charge in [-0.2, -0.15) is 15.1 Å². The van der Waals surface area contributed by atoms with Crippen molar-refractivity contribution in [2.75, 3.05) is 10.7 Å². The predicted molar refractivity (Wildman–Crippen MR) is 81.2 cm³/mol. The lowest BCUT2D eigenvalue weighted by atomic mass is 10.1. The smallest absolute Gasteiger partial charge is 0.241 e. The second-order valence-electron chi connectivity index (χ2n) is 5.13. The summed E-state index contributed by atoms with van der Waals surface area (Å²) in [4.78, 5) is 8.57. The molecule has 1 aliphatic rings. The molecular weight excluding hydrogens is 266 g/mol. The Morgan fingerprint density at radius 2 is 2.05 bits per heavy atom. The molecule has 0 saturated heterocycles. The highest BCUT2D eigenvalue weighted by Crippen LogP contribution is 2.28. The molecule has 106 valence electrons. The van der Waals surface area contributed by atoms with E-state index in [0.717, 1.165) is 17.5 Å². The molecule has 1 aromatic carbocycles. The van der Waals surface area contributed by atoms with E-state index >= 15 is 0 Å². The zero-order valence-electron chi connectivity index (χ0n) is 11.3. The fraction of sp³-hybridized carbons (Fsp3) is 0.214. The van der Waals surface area contributed by atoms with Crippen LogP contribution in [0.1, 0.15) is 17.5 Å². The summed E-state index contributed by atoms with van der Waals surface area (Å²) in [6.07, 6.45) is 5.26. The standard InChI is InChI=1S/C14H15N7/c15-20-14-18-12(11-7-16-21-13(11)19-14)17-10-5-4-8-2-1-3-9(8)6-10/h4-7H,1-3,15H2,(H3,16,17,18,19,20,21). The van der Waals surface area contributed by atoms with E-state index in [9.17, 15) is 0 Å². The summed E-state index contributed by atoms with van der Waals surface area (Å²) in [6.45, 7) is 0. The lowest BCUT2D eigenvalue weighted by molar-refractivity contribution is 0.912. The van der Waals surface area contributed by atoms with Gasteiger partial charge in [-0.15, -0.1) is 0 Å². The number of anilines is 3. The number of aromatic nitrogens is 4. The first kappa shape index (κ1) is 12.1. The van der Waals surface area contributed by atoms with Crippen LogP contribution < -0.4 is 16.6 Å². The summed E-state index contributed by atoms with van der Waals surface area (Å²) in [7, 11) is 0. The third kappa shape index (κ3) is 2.07. The quantitative estimate of drug-likeness (QED) is 0.431. The fourth-order valence-electron chi connectivity index (χ4n) is 2.78. The van der Waals surface area contributed by atoms with Crippen molar-refractivity contribution >= 4 is 28.5 Å². The van der Waals surface area contributed by atoms with Gasteiger partial charge in [0.15, 0.2) is 5.65 Å². The molecule has 1 aliphatic carbocycles. The number of fused-ring (bicyclic) bond motifs is 2. The molecule has 0 amide bonds.